The van der Waals surface area contributed by atoms with E-state index >= 15 is 0 Å². The maximum Gasteiger partial charge on any atom is 0.262 e. The normalized spacial score (nSPS) is 19.3. The molecular weight excluding hydrogens is 468 g/mol. The minimum absolute atomic E-state index is 0.0347. The highest BCUT2D eigenvalue weighted by Gasteiger charge is 2.49. The van der Waals surface area contributed by atoms with Gasteiger partial charge in [-0.05, 0) is 47.9 Å². The number of fused-ring (bicyclic) bond motifs is 4. The van der Waals surface area contributed by atoms with Crippen LogP contribution in [0.4, 0.5) is 0 Å². The second kappa shape index (κ2) is 9.29. The number of aromatic nitrogens is 1. The first-order valence-corrected chi connectivity index (χ1v) is 12.2. The first kappa shape index (κ1) is 23.1. The van der Waals surface area contributed by atoms with Crippen molar-refractivity contribution in [2.24, 2.45) is 5.10 Å². The number of hydrazone groups is 1. The zero-order chi connectivity index (χ0) is 25.5. The number of rotatable bonds is 6. The number of hydrogen-bond acceptors (Lipinski definition) is 6. The predicted molar refractivity (Wildman–Crippen MR) is 141 cm³/mol. The number of ether oxygens (including phenoxy) is 3. The first-order chi connectivity index (χ1) is 18.1. The van der Waals surface area contributed by atoms with Crippen LogP contribution in [0, 0.1) is 0 Å². The Morgan fingerprint density at radius 3 is 2.57 bits per heavy atom. The average molecular weight is 497 g/mol. The van der Waals surface area contributed by atoms with E-state index in [2.05, 4.69) is 22.0 Å². The number of methoxy groups -OCH3 is 3. The second-order valence-corrected chi connectivity index (χ2v) is 9.21. The summed E-state index contributed by atoms with van der Waals surface area (Å²) >= 11 is 0. The predicted octanol–water partition coefficient (Wildman–Crippen LogP) is 4.50. The number of amides is 1. The maximum atomic E-state index is 13.9. The molecule has 0 spiro atoms. The Morgan fingerprint density at radius 2 is 1.76 bits per heavy atom. The van der Waals surface area contributed by atoms with E-state index in [-0.39, 0.29) is 18.1 Å². The Labute approximate surface area is 215 Å². The summed E-state index contributed by atoms with van der Waals surface area (Å²) in [4.78, 5) is 19.7. The van der Waals surface area contributed by atoms with Gasteiger partial charge in [0.25, 0.3) is 5.91 Å². The SMILES string of the molecule is COc1cccc([C@@H]2N(/N=C\c3ccc(OC)cc3OC)C(=O)[C@H]3Cc4c([nH]c5ccccc45)CN32)c1. The molecule has 0 aliphatic carbocycles. The molecule has 1 fully saturated rings. The van der Waals surface area contributed by atoms with Crippen LogP contribution in [0.15, 0.2) is 71.8 Å². The molecule has 2 aliphatic rings. The van der Waals surface area contributed by atoms with Gasteiger partial charge in [-0.2, -0.15) is 5.10 Å². The van der Waals surface area contributed by atoms with Crippen molar-refractivity contribution in [1.82, 2.24) is 14.9 Å². The van der Waals surface area contributed by atoms with Crippen molar-refractivity contribution in [3.05, 3.63) is 89.1 Å². The Hall–Kier alpha value is -4.30. The van der Waals surface area contributed by atoms with Crippen LogP contribution in [-0.2, 0) is 17.8 Å². The molecule has 2 aliphatic heterocycles. The quantitative estimate of drug-likeness (QED) is 0.398. The van der Waals surface area contributed by atoms with Crippen molar-refractivity contribution >= 4 is 23.0 Å². The van der Waals surface area contributed by atoms with E-state index in [1.165, 1.54) is 10.9 Å². The van der Waals surface area contributed by atoms with E-state index in [9.17, 15) is 4.79 Å². The lowest BCUT2D eigenvalue weighted by Gasteiger charge is -2.32. The van der Waals surface area contributed by atoms with Gasteiger partial charge in [-0.25, -0.2) is 5.01 Å². The van der Waals surface area contributed by atoms with Crippen LogP contribution in [0.1, 0.15) is 28.6 Å². The summed E-state index contributed by atoms with van der Waals surface area (Å²) in [7, 11) is 4.86. The molecule has 4 aromatic rings. The standard InChI is InChI=1S/C29H28N4O4/c1-35-20-8-6-7-18(13-20)28-32-17-25-23(22-9-4-5-10-24(22)31-25)15-26(32)29(34)33(28)30-16-19-11-12-21(36-2)14-27(19)37-3/h4-14,16,26,28,31H,15,17H2,1-3H3/b30-16-/t26-,28+/m1/s1. The highest BCUT2D eigenvalue weighted by molar-refractivity contribution is 5.91. The van der Waals surface area contributed by atoms with Crippen molar-refractivity contribution in [2.75, 3.05) is 21.3 Å². The van der Waals surface area contributed by atoms with Crippen LogP contribution < -0.4 is 14.2 Å². The van der Waals surface area contributed by atoms with E-state index in [0.29, 0.717) is 24.5 Å². The number of carbonyl (C=O) groups excluding carboxylic acids is 1. The zero-order valence-electron chi connectivity index (χ0n) is 21.0. The largest absolute Gasteiger partial charge is 0.497 e. The van der Waals surface area contributed by atoms with Crippen molar-refractivity contribution < 1.29 is 19.0 Å². The third-order valence-electron chi connectivity index (χ3n) is 7.25. The van der Waals surface area contributed by atoms with Crippen LogP contribution in [0.5, 0.6) is 17.2 Å². The molecule has 1 saturated heterocycles. The van der Waals surface area contributed by atoms with Gasteiger partial charge in [0.05, 0.1) is 33.6 Å². The van der Waals surface area contributed by atoms with Crippen LogP contribution >= 0.6 is 0 Å². The summed E-state index contributed by atoms with van der Waals surface area (Å²) in [6.45, 7) is 0.611. The highest BCUT2D eigenvalue weighted by atomic mass is 16.5. The summed E-state index contributed by atoms with van der Waals surface area (Å²) in [6.07, 6.45) is 1.92. The Bertz CT molecular complexity index is 1510. The van der Waals surface area contributed by atoms with E-state index in [1.807, 2.05) is 48.5 Å². The smallest absolute Gasteiger partial charge is 0.262 e. The van der Waals surface area contributed by atoms with Crippen LogP contribution in [0.25, 0.3) is 10.9 Å². The van der Waals surface area contributed by atoms with Gasteiger partial charge in [0.2, 0.25) is 0 Å². The number of nitrogens with one attached hydrogen (secondary N) is 1. The molecule has 8 nitrogen and oxygen atoms in total. The number of H-pyrrole nitrogens is 1. The lowest BCUT2D eigenvalue weighted by molar-refractivity contribution is -0.130. The van der Waals surface area contributed by atoms with Gasteiger partial charge in [0.15, 0.2) is 0 Å². The molecule has 2 atom stereocenters. The van der Waals surface area contributed by atoms with E-state index in [4.69, 9.17) is 19.3 Å². The Balaban J connectivity index is 1.41. The molecule has 37 heavy (non-hydrogen) atoms. The third kappa shape index (κ3) is 3.90. The fourth-order valence-electron chi connectivity index (χ4n) is 5.43. The highest BCUT2D eigenvalue weighted by Crippen LogP contribution is 2.42. The van der Waals surface area contributed by atoms with E-state index in [0.717, 1.165) is 28.1 Å². The van der Waals surface area contributed by atoms with Gasteiger partial charge in [0, 0.05) is 34.8 Å². The van der Waals surface area contributed by atoms with Gasteiger partial charge in [-0.15, -0.1) is 0 Å². The number of aromatic amines is 1. The van der Waals surface area contributed by atoms with Gasteiger partial charge in [-0.3, -0.25) is 9.69 Å². The third-order valence-corrected chi connectivity index (χ3v) is 7.25. The van der Waals surface area contributed by atoms with Gasteiger partial charge in [0.1, 0.15) is 23.4 Å². The Morgan fingerprint density at radius 1 is 0.946 bits per heavy atom. The summed E-state index contributed by atoms with van der Waals surface area (Å²) < 4.78 is 16.3. The molecule has 1 aromatic heterocycles. The number of hydrogen-bond donors (Lipinski definition) is 1. The van der Waals surface area contributed by atoms with Crippen LogP contribution in [0.3, 0.4) is 0 Å². The molecule has 0 saturated carbocycles. The maximum absolute atomic E-state index is 13.9. The van der Waals surface area contributed by atoms with Crippen molar-refractivity contribution in [3.8, 4) is 17.2 Å². The summed E-state index contributed by atoms with van der Waals surface area (Å²) in [6, 6.07) is 21.3. The van der Waals surface area contributed by atoms with Crippen molar-refractivity contribution in [2.45, 2.75) is 25.2 Å². The van der Waals surface area contributed by atoms with Crippen molar-refractivity contribution in [3.63, 3.8) is 0 Å². The number of para-hydroxylation sites is 1. The molecule has 0 bridgehead atoms. The number of benzene rings is 3. The lowest BCUT2D eigenvalue weighted by atomic mass is 9.97. The minimum Gasteiger partial charge on any atom is -0.497 e. The minimum atomic E-state index is -0.382. The van der Waals surface area contributed by atoms with E-state index < -0.39 is 0 Å². The molecule has 3 heterocycles. The fourth-order valence-corrected chi connectivity index (χ4v) is 5.43. The molecule has 6 rings (SSSR count). The molecule has 8 heteroatoms. The monoisotopic (exact) mass is 496 g/mol. The van der Waals surface area contributed by atoms with Gasteiger partial charge in [-0.1, -0.05) is 30.3 Å². The molecule has 1 amide bonds. The average Bonchev–Trinajstić information content (AvgIpc) is 3.44. The fraction of sp³-hybridized carbons (Fsp3) is 0.241. The zero-order valence-corrected chi connectivity index (χ0v) is 21.0. The van der Waals surface area contributed by atoms with Crippen LogP contribution in [-0.4, -0.2) is 54.4 Å². The molecule has 0 unspecified atom stereocenters. The van der Waals surface area contributed by atoms with Gasteiger partial charge < -0.3 is 19.2 Å². The van der Waals surface area contributed by atoms with E-state index in [1.54, 1.807) is 38.6 Å². The molecule has 1 N–H and O–H groups in total. The van der Waals surface area contributed by atoms with Crippen molar-refractivity contribution in [1.29, 1.82) is 0 Å². The van der Waals surface area contributed by atoms with Gasteiger partial charge >= 0.3 is 0 Å². The lowest BCUT2D eigenvalue weighted by Crippen LogP contribution is -2.39. The Kier molecular flexibility index (Phi) is 5.81. The molecule has 0 radical (unpaired) electrons. The first-order valence-electron chi connectivity index (χ1n) is 12.2. The molecule has 3 aromatic carbocycles. The summed E-state index contributed by atoms with van der Waals surface area (Å²) in [5, 5.41) is 7.50. The molecular formula is C29H28N4O4. The number of carbonyl (C=O) groups is 1. The van der Waals surface area contributed by atoms with Crippen LogP contribution in [0.2, 0.25) is 0 Å². The number of nitrogens with zero attached hydrogens (tertiary/aromatic N) is 3. The molecule has 188 valence electrons. The second-order valence-electron chi connectivity index (χ2n) is 9.21. The summed E-state index contributed by atoms with van der Waals surface area (Å²) in [5.41, 5.74) is 5.13. The topological polar surface area (TPSA) is 79.4 Å². The summed E-state index contributed by atoms with van der Waals surface area (Å²) in [5.74, 6) is 2.00.